The smallest absolute Gasteiger partial charge is 0.252 e. The van der Waals surface area contributed by atoms with Crippen LogP contribution < -0.4 is 5.56 Å². The van der Waals surface area contributed by atoms with E-state index in [0.717, 1.165) is 0 Å². The van der Waals surface area contributed by atoms with Crippen LogP contribution >= 0.6 is 12.2 Å². The lowest BCUT2D eigenvalue weighted by Crippen LogP contribution is -2.06. The number of H-pyrrole nitrogens is 2. The highest BCUT2D eigenvalue weighted by atomic mass is 32.1. The van der Waals surface area contributed by atoms with Crippen molar-refractivity contribution in [2.75, 3.05) is 0 Å². The zero-order valence-corrected chi connectivity index (χ0v) is 8.40. The van der Waals surface area contributed by atoms with Crippen molar-refractivity contribution in [3.05, 3.63) is 51.3 Å². The van der Waals surface area contributed by atoms with Gasteiger partial charge in [0, 0.05) is 11.6 Å². The molecule has 2 aromatic rings. The molecule has 0 bridgehead atoms. The summed E-state index contributed by atoms with van der Waals surface area (Å²) in [5.41, 5.74) is 0.355. The fourth-order valence-corrected chi connectivity index (χ4v) is 1.50. The molecule has 0 fully saturated rings. The predicted molar refractivity (Wildman–Crippen MR) is 57.6 cm³/mol. The Morgan fingerprint density at radius 3 is 2.60 bits per heavy atom. The zero-order chi connectivity index (χ0) is 10.8. The van der Waals surface area contributed by atoms with E-state index in [1.807, 2.05) is 0 Å². The number of aromatic nitrogens is 2. The molecular weight excluding hydrogens is 215 g/mol. The average molecular weight is 222 g/mol. The molecule has 0 aliphatic heterocycles. The highest BCUT2D eigenvalue weighted by Crippen LogP contribution is 2.18. The molecule has 76 valence electrons. The number of halogens is 1. The molecule has 0 aliphatic rings. The van der Waals surface area contributed by atoms with E-state index in [-0.39, 0.29) is 10.3 Å². The van der Waals surface area contributed by atoms with Crippen molar-refractivity contribution in [3.63, 3.8) is 0 Å². The van der Waals surface area contributed by atoms with Crippen molar-refractivity contribution in [2.45, 2.75) is 0 Å². The monoisotopic (exact) mass is 222 g/mol. The van der Waals surface area contributed by atoms with Crippen LogP contribution in [-0.4, -0.2) is 9.97 Å². The lowest BCUT2D eigenvalue weighted by atomic mass is 10.1. The van der Waals surface area contributed by atoms with Crippen LogP contribution in [-0.2, 0) is 0 Å². The van der Waals surface area contributed by atoms with Crippen LogP contribution in [0.3, 0.4) is 0 Å². The summed E-state index contributed by atoms with van der Waals surface area (Å²) >= 11 is 4.80. The summed E-state index contributed by atoms with van der Waals surface area (Å²) < 4.78 is 13.6. The molecule has 0 spiro atoms. The topological polar surface area (TPSA) is 48.6 Å². The first-order valence-electron chi connectivity index (χ1n) is 4.25. The minimum atomic E-state index is -0.395. The Hall–Kier alpha value is -1.75. The molecule has 2 N–H and O–H groups in total. The SMILES string of the molecule is O=c1cc(-c2ccccc2F)[nH]c(=S)[nH]1. The van der Waals surface area contributed by atoms with Gasteiger partial charge < -0.3 is 4.98 Å². The molecule has 5 heteroatoms. The maximum atomic E-state index is 13.4. The van der Waals surface area contributed by atoms with Gasteiger partial charge in [-0.1, -0.05) is 12.1 Å². The molecule has 0 atom stereocenters. The standard InChI is InChI=1S/C10H7FN2OS/c11-7-4-2-1-3-6(7)8-5-9(14)13-10(15)12-8/h1-5H,(H2,12,13,14,15). The van der Waals surface area contributed by atoms with Crippen molar-refractivity contribution in [3.8, 4) is 11.3 Å². The second-order valence-electron chi connectivity index (χ2n) is 2.98. The summed E-state index contributed by atoms with van der Waals surface area (Å²) in [6.07, 6.45) is 0. The third-order valence-corrected chi connectivity index (χ3v) is 2.13. The largest absolute Gasteiger partial charge is 0.332 e. The van der Waals surface area contributed by atoms with E-state index in [9.17, 15) is 9.18 Å². The van der Waals surface area contributed by atoms with Gasteiger partial charge in [-0.2, -0.15) is 0 Å². The van der Waals surface area contributed by atoms with Crippen molar-refractivity contribution in [2.24, 2.45) is 0 Å². The first-order valence-corrected chi connectivity index (χ1v) is 4.66. The molecular formula is C10H7FN2OS. The molecule has 2 rings (SSSR count). The highest BCUT2D eigenvalue weighted by molar-refractivity contribution is 7.71. The lowest BCUT2D eigenvalue weighted by Gasteiger charge is -2.01. The average Bonchev–Trinajstić information content (AvgIpc) is 2.16. The van der Waals surface area contributed by atoms with Gasteiger partial charge in [0.15, 0.2) is 4.77 Å². The Kier molecular flexibility index (Phi) is 2.47. The highest BCUT2D eigenvalue weighted by Gasteiger charge is 2.04. The van der Waals surface area contributed by atoms with Crippen molar-refractivity contribution in [1.29, 1.82) is 0 Å². The Labute approximate surface area is 89.6 Å². The molecule has 1 aromatic carbocycles. The summed E-state index contributed by atoms with van der Waals surface area (Å²) in [6.45, 7) is 0. The number of hydrogen-bond donors (Lipinski definition) is 2. The second-order valence-corrected chi connectivity index (χ2v) is 3.39. The molecule has 15 heavy (non-hydrogen) atoms. The number of nitrogens with one attached hydrogen (secondary N) is 2. The third-order valence-electron chi connectivity index (χ3n) is 1.92. The van der Waals surface area contributed by atoms with Crippen LogP contribution in [0.15, 0.2) is 35.1 Å². The number of rotatable bonds is 1. The van der Waals surface area contributed by atoms with E-state index in [1.54, 1.807) is 18.2 Å². The van der Waals surface area contributed by atoms with E-state index < -0.39 is 5.82 Å². The van der Waals surface area contributed by atoms with Gasteiger partial charge in [0.05, 0.1) is 5.69 Å². The summed E-state index contributed by atoms with van der Waals surface area (Å²) in [5, 5.41) is 0. The van der Waals surface area contributed by atoms with Crippen LogP contribution in [0.5, 0.6) is 0 Å². The second kappa shape index (κ2) is 3.78. The van der Waals surface area contributed by atoms with Crippen LogP contribution in [0, 0.1) is 10.6 Å². The molecule has 0 amide bonds. The van der Waals surface area contributed by atoms with E-state index in [2.05, 4.69) is 9.97 Å². The van der Waals surface area contributed by atoms with Gasteiger partial charge in [0.2, 0.25) is 0 Å². The minimum absolute atomic E-state index is 0.181. The summed E-state index contributed by atoms with van der Waals surface area (Å²) in [6, 6.07) is 7.45. The quantitative estimate of drug-likeness (QED) is 0.727. The Morgan fingerprint density at radius 1 is 1.20 bits per heavy atom. The predicted octanol–water partition coefficient (Wildman–Crippen LogP) is 2.24. The zero-order valence-electron chi connectivity index (χ0n) is 7.58. The van der Waals surface area contributed by atoms with E-state index >= 15 is 0 Å². The number of hydrogen-bond acceptors (Lipinski definition) is 2. The van der Waals surface area contributed by atoms with Crippen LogP contribution in [0.2, 0.25) is 0 Å². The molecule has 1 aromatic heterocycles. The fraction of sp³-hybridized carbons (Fsp3) is 0. The molecule has 0 unspecified atom stereocenters. The maximum absolute atomic E-state index is 13.4. The van der Waals surface area contributed by atoms with Crippen LogP contribution in [0.1, 0.15) is 0 Å². The van der Waals surface area contributed by atoms with Gasteiger partial charge in [-0.3, -0.25) is 9.78 Å². The van der Waals surface area contributed by atoms with Crippen molar-refractivity contribution in [1.82, 2.24) is 9.97 Å². The van der Waals surface area contributed by atoms with Gasteiger partial charge in [-0.15, -0.1) is 0 Å². The molecule has 0 saturated heterocycles. The minimum Gasteiger partial charge on any atom is -0.332 e. The van der Waals surface area contributed by atoms with Crippen molar-refractivity contribution >= 4 is 12.2 Å². The first kappa shape index (κ1) is 9.79. The summed E-state index contributed by atoms with van der Waals surface area (Å²) in [7, 11) is 0. The Bertz CT molecular complexity index is 574. The normalized spacial score (nSPS) is 10.2. The van der Waals surface area contributed by atoms with E-state index in [0.29, 0.717) is 11.3 Å². The fourth-order valence-electron chi connectivity index (χ4n) is 1.29. The number of aromatic amines is 2. The van der Waals surface area contributed by atoms with Gasteiger partial charge in [-0.25, -0.2) is 4.39 Å². The summed E-state index contributed by atoms with van der Waals surface area (Å²) in [5.74, 6) is -0.395. The van der Waals surface area contributed by atoms with E-state index in [4.69, 9.17) is 12.2 Å². The molecule has 1 heterocycles. The Morgan fingerprint density at radius 2 is 1.93 bits per heavy atom. The molecule has 3 nitrogen and oxygen atoms in total. The van der Waals surface area contributed by atoms with Gasteiger partial charge in [-0.05, 0) is 24.4 Å². The lowest BCUT2D eigenvalue weighted by molar-refractivity contribution is 0.630. The van der Waals surface area contributed by atoms with Gasteiger partial charge in [0.25, 0.3) is 5.56 Å². The van der Waals surface area contributed by atoms with Crippen molar-refractivity contribution < 1.29 is 4.39 Å². The molecule has 0 radical (unpaired) electrons. The van der Waals surface area contributed by atoms with Gasteiger partial charge >= 0.3 is 0 Å². The van der Waals surface area contributed by atoms with Gasteiger partial charge in [0.1, 0.15) is 5.82 Å². The van der Waals surface area contributed by atoms with Crippen LogP contribution in [0.4, 0.5) is 4.39 Å². The summed E-state index contributed by atoms with van der Waals surface area (Å²) in [4.78, 5) is 16.2. The first-order chi connectivity index (χ1) is 7.16. The maximum Gasteiger partial charge on any atom is 0.252 e. The van der Waals surface area contributed by atoms with Crippen LogP contribution in [0.25, 0.3) is 11.3 Å². The third kappa shape index (κ3) is 2.02. The molecule has 0 saturated carbocycles. The van der Waals surface area contributed by atoms with E-state index in [1.165, 1.54) is 12.1 Å². The number of benzene rings is 1. The Balaban J connectivity index is 2.70. The molecule has 0 aliphatic carbocycles.